The van der Waals surface area contributed by atoms with Crippen LogP contribution in [-0.2, 0) is 11.2 Å². The van der Waals surface area contributed by atoms with Crippen LogP contribution < -0.4 is 11.1 Å². The number of amides is 1. The number of carbonyl (C=O) groups is 1. The predicted octanol–water partition coefficient (Wildman–Crippen LogP) is 2.51. The summed E-state index contributed by atoms with van der Waals surface area (Å²) in [6.45, 7) is 4.58. The quantitative estimate of drug-likeness (QED) is 0.821. The molecule has 0 aliphatic carbocycles. The van der Waals surface area contributed by atoms with Gasteiger partial charge < -0.3 is 15.5 Å². The van der Waals surface area contributed by atoms with Crippen LogP contribution in [0.3, 0.4) is 0 Å². The van der Waals surface area contributed by atoms with E-state index in [9.17, 15) is 9.18 Å². The van der Waals surface area contributed by atoms with E-state index in [-0.39, 0.29) is 24.2 Å². The van der Waals surface area contributed by atoms with Crippen LogP contribution in [0.1, 0.15) is 26.0 Å². The number of nitrogens with one attached hydrogen (secondary N) is 1. The molecule has 2 rings (SSSR count). The summed E-state index contributed by atoms with van der Waals surface area (Å²) < 4.78 is 18.3. The van der Waals surface area contributed by atoms with Crippen LogP contribution in [-0.4, -0.2) is 23.5 Å². The number of aromatic nitrogens is 1. The molecule has 1 atom stereocenters. The molecule has 1 heterocycles. The Morgan fingerprint density at radius 3 is 2.65 bits per heavy atom. The molecule has 1 amide bonds. The third kappa shape index (κ3) is 5.17. The number of carbonyl (C=O) groups excluding carboxylic acids is 1. The van der Waals surface area contributed by atoms with E-state index < -0.39 is 0 Å². The Balaban J connectivity index is 1.95. The van der Waals surface area contributed by atoms with Gasteiger partial charge in [0.1, 0.15) is 12.1 Å². The van der Waals surface area contributed by atoms with Crippen molar-refractivity contribution < 1.29 is 13.6 Å². The summed E-state index contributed by atoms with van der Waals surface area (Å²) in [6.07, 6.45) is 2.40. The van der Waals surface area contributed by atoms with Gasteiger partial charge in [-0.15, -0.1) is 0 Å². The molecule has 0 fully saturated rings. The lowest BCUT2D eigenvalue weighted by atomic mass is 10.0. The Labute approximate surface area is 135 Å². The van der Waals surface area contributed by atoms with Gasteiger partial charge >= 0.3 is 0 Å². The second-order valence-corrected chi connectivity index (χ2v) is 5.96. The molecular formula is C17H22FN3O2. The molecule has 0 aliphatic heterocycles. The van der Waals surface area contributed by atoms with Gasteiger partial charge in [0.2, 0.25) is 11.8 Å². The van der Waals surface area contributed by atoms with E-state index in [2.05, 4.69) is 24.1 Å². The molecule has 0 radical (unpaired) electrons. The van der Waals surface area contributed by atoms with E-state index >= 15 is 0 Å². The number of oxazole rings is 1. The lowest BCUT2D eigenvalue weighted by molar-refractivity contribution is -0.121. The molecule has 3 N–H and O–H groups in total. The monoisotopic (exact) mass is 319 g/mol. The Morgan fingerprint density at radius 2 is 2.04 bits per heavy atom. The van der Waals surface area contributed by atoms with E-state index in [0.717, 1.165) is 6.42 Å². The molecule has 0 aliphatic rings. The first-order chi connectivity index (χ1) is 11.0. The van der Waals surface area contributed by atoms with E-state index in [0.29, 0.717) is 29.6 Å². The second kappa shape index (κ2) is 7.87. The molecule has 1 unspecified atom stereocenters. The fraction of sp³-hybridized carbons (Fsp3) is 0.412. The van der Waals surface area contributed by atoms with Crippen LogP contribution in [0.5, 0.6) is 0 Å². The Hall–Kier alpha value is -2.21. The minimum Gasteiger partial charge on any atom is -0.444 e. The number of nitrogens with zero attached hydrogens (tertiary/aromatic N) is 1. The minimum atomic E-state index is -0.321. The van der Waals surface area contributed by atoms with Crippen LogP contribution in [0.25, 0.3) is 11.5 Å². The average Bonchev–Trinajstić information content (AvgIpc) is 2.95. The van der Waals surface area contributed by atoms with Crippen molar-refractivity contribution in [2.75, 3.05) is 6.54 Å². The number of rotatable bonds is 7. The summed E-state index contributed by atoms with van der Waals surface area (Å²) >= 11 is 0. The molecule has 5 nitrogen and oxygen atoms in total. The smallest absolute Gasteiger partial charge is 0.226 e. The van der Waals surface area contributed by atoms with E-state index in [1.165, 1.54) is 18.4 Å². The molecular weight excluding hydrogens is 297 g/mol. The Bertz CT molecular complexity index is 638. The van der Waals surface area contributed by atoms with Crippen molar-refractivity contribution in [1.29, 1.82) is 0 Å². The maximum absolute atomic E-state index is 12.9. The van der Waals surface area contributed by atoms with Crippen LogP contribution in [0.2, 0.25) is 0 Å². The van der Waals surface area contributed by atoms with Crippen molar-refractivity contribution >= 4 is 5.91 Å². The van der Waals surface area contributed by atoms with E-state index in [1.54, 1.807) is 12.1 Å². The first-order valence-electron chi connectivity index (χ1n) is 7.67. The number of benzene rings is 1. The molecule has 0 saturated carbocycles. The maximum atomic E-state index is 12.9. The summed E-state index contributed by atoms with van der Waals surface area (Å²) in [5, 5.41) is 2.91. The molecule has 1 aromatic heterocycles. The van der Waals surface area contributed by atoms with Crippen LogP contribution in [0.15, 0.2) is 34.9 Å². The zero-order valence-electron chi connectivity index (χ0n) is 13.4. The van der Waals surface area contributed by atoms with Crippen molar-refractivity contribution in [2.24, 2.45) is 11.7 Å². The standard InChI is InChI=1S/C17H22FN3O2/c1-11(2)7-14(9-19)20-16(22)8-15-10-23-17(21-15)12-3-5-13(18)6-4-12/h3-6,10-11,14H,7-9,19H2,1-2H3,(H,20,22). The van der Waals surface area contributed by atoms with Gasteiger partial charge in [-0.2, -0.15) is 0 Å². The first kappa shape index (κ1) is 17.1. The van der Waals surface area contributed by atoms with Crippen LogP contribution in [0, 0.1) is 11.7 Å². The van der Waals surface area contributed by atoms with Crippen LogP contribution in [0.4, 0.5) is 4.39 Å². The van der Waals surface area contributed by atoms with Crippen LogP contribution >= 0.6 is 0 Å². The van der Waals surface area contributed by atoms with Gasteiger partial charge in [0.05, 0.1) is 12.1 Å². The van der Waals surface area contributed by atoms with Crippen molar-refractivity contribution in [2.45, 2.75) is 32.7 Å². The number of nitrogens with two attached hydrogens (primary N) is 1. The fourth-order valence-corrected chi connectivity index (χ4v) is 2.34. The highest BCUT2D eigenvalue weighted by Crippen LogP contribution is 2.19. The van der Waals surface area contributed by atoms with Gasteiger partial charge in [0.15, 0.2) is 0 Å². The van der Waals surface area contributed by atoms with E-state index in [1.807, 2.05) is 0 Å². The molecule has 6 heteroatoms. The maximum Gasteiger partial charge on any atom is 0.226 e. The van der Waals surface area contributed by atoms with Crippen molar-refractivity contribution in [3.63, 3.8) is 0 Å². The van der Waals surface area contributed by atoms with Gasteiger partial charge in [-0.3, -0.25) is 4.79 Å². The molecule has 0 bridgehead atoms. The van der Waals surface area contributed by atoms with Crippen molar-refractivity contribution in [3.05, 3.63) is 42.0 Å². The highest BCUT2D eigenvalue weighted by molar-refractivity contribution is 5.78. The largest absolute Gasteiger partial charge is 0.444 e. The Kier molecular flexibility index (Phi) is 5.87. The molecule has 0 saturated heterocycles. The Morgan fingerprint density at radius 1 is 1.35 bits per heavy atom. The summed E-state index contributed by atoms with van der Waals surface area (Å²) in [5.41, 5.74) is 6.87. The number of halogens is 1. The summed E-state index contributed by atoms with van der Waals surface area (Å²) in [7, 11) is 0. The third-order valence-electron chi connectivity index (χ3n) is 3.39. The fourth-order valence-electron chi connectivity index (χ4n) is 2.34. The molecule has 1 aromatic carbocycles. The zero-order chi connectivity index (χ0) is 16.8. The van der Waals surface area contributed by atoms with Gasteiger partial charge in [-0.05, 0) is 36.6 Å². The zero-order valence-corrected chi connectivity index (χ0v) is 13.4. The summed E-state index contributed by atoms with van der Waals surface area (Å²) in [5.74, 6) is 0.365. The second-order valence-electron chi connectivity index (χ2n) is 5.96. The normalized spacial score (nSPS) is 12.4. The van der Waals surface area contributed by atoms with Crippen molar-refractivity contribution in [3.8, 4) is 11.5 Å². The lowest BCUT2D eigenvalue weighted by Crippen LogP contribution is -2.41. The van der Waals surface area contributed by atoms with Gasteiger partial charge in [0, 0.05) is 18.2 Å². The predicted molar refractivity (Wildman–Crippen MR) is 86.0 cm³/mol. The number of hydrogen-bond donors (Lipinski definition) is 2. The molecule has 2 aromatic rings. The lowest BCUT2D eigenvalue weighted by Gasteiger charge is -2.18. The number of hydrogen-bond acceptors (Lipinski definition) is 4. The highest BCUT2D eigenvalue weighted by Gasteiger charge is 2.15. The molecule has 23 heavy (non-hydrogen) atoms. The van der Waals surface area contributed by atoms with Gasteiger partial charge in [0.25, 0.3) is 0 Å². The van der Waals surface area contributed by atoms with Gasteiger partial charge in [-0.1, -0.05) is 13.8 Å². The van der Waals surface area contributed by atoms with E-state index in [4.69, 9.17) is 10.2 Å². The third-order valence-corrected chi connectivity index (χ3v) is 3.39. The minimum absolute atomic E-state index is 0.0361. The topological polar surface area (TPSA) is 81.1 Å². The summed E-state index contributed by atoms with van der Waals surface area (Å²) in [6, 6.07) is 5.80. The van der Waals surface area contributed by atoms with Gasteiger partial charge in [-0.25, -0.2) is 9.37 Å². The SMILES string of the molecule is CC(C)CC(CN)NC(=O)Cc1coc(-c2ccc(F)cc2)n1. The highest BCUT2D eigenvalue weighted by atomic mass is 19.1. The summed E-state index contributed by atoms with van der Waals surface area (Å²) in [4.78, 5) is 16.3. The molecule has 0 spiro atoms. The first-order valence-corrected chi connectivity index (χ1v) is 7.67. The molecule has 124 valence electrons. The average molecular weight is 319 g/mol. The van der Waals surface area contributed by atoms with Crippen molar-refractivity contribution in [1.82, 2.24) is 10.3 Å².